The molecule has 4 heteroatoms. The second-order valence-corrected chi connectivity index (χ2v) is 5.27. The quantitative estimate of drug-likeness (QED) is 0.783. The van der Waals surface area contributed by atoms with Gasteiger partial charge in [0.15, 0.2) is 0 Å². The number of hydrogen-bond donors (Lipinski definition) is 1. The number of likely N-dealkylation sites (N-methyl/N-ethyl adjacent to an activating group) is 1. The third kappa shape index (κ3) is 5.55. The molecule has 0 aliphatic rings. The standard InChI is InChI=1S/C15H28N4/c1-6-9-19(7-2)10-8-16-14-11-13(5)17-15(18-14)12(3)4/h11-12H,6-10H2,1-5H3,(H,16,17,18). The first-order valence-electron chi connectivity index (χ1n) is 7.38. The lowest BCUT2D eigenvalue weighted by Gasteiger charge is -2.20. The average molecular weight is 264 g/mol. The van der Waals surface area contributed by atoms with Gasteiger partial charge in [0.1, 0.15) is 11.6 Å². The van der Waals surface area contributed by atoms with Crippen LogP contribution in [-0.2, 0) is 0 Å². The summed E-state index contributed by atoms with van der Waals surface area (Å²) < 4.78 is 0. The first kappa shape index (κ1) is 15.9. The van der Waals surface area contributed by atoms with Crippen molar-refractivity contribution < 1.29 is 0 Å². The molecule has 1 N–H and O–H groups in total. The minimum atomic E-state index is 0.368. The van der Waals surface area contributed by atoms with Crippen LogP contribution in [0.4, 0.5) is 5.82 Å². The van der Waals surface area contributed by atoms with E-state index in [0.29, 0.717) is 5.92 Å². The predicted octanol–water partition coefficient (Wildman–Crippen LogP) is 3.05. The fourth-order valence-corrected chi connectivity index (χ4v) is 2.03. The van der Waals surface area contributed by atoms with Crippen molar-refractivity contribution in [2.75, 3.05) is 31.5 Å². The van der Waals surface area contributed by atoms with E-state index in [0.717, 1.165) is 43.5 Å². The highest BCUT2D eigenvalue weighted by atomic mass is 15.1. The van der Waals surface area contributed by atoms with Crippen LogP contribution >= 0.6 is 0 Å². The Labute approximate surface area is 117 Å². The van der Waals surface area contributed by atoms with Crippen LogP contribution in [0, 0.1) is 6.92 Å². The number of nitrogens with zero attached hydrogens (tertiary/aromatic N) is 3. The van der Waals surface area contributed by atoms with Crippen molar-refractivity contribution in [2.24, 2.45) is 0 Å². The molecule has 0 saturated carbocycles. The summed E-state index contributed by atoms with van der Waals surface area (Å²) in [4.78, 5) is 11.5. The summed E-state index contributed by atoms with van der Waals surface area (Å²) in [6.07, 6.45) is 1.21. The highest BCUT2D eigenvalue weighted by Crippen LogP contribution is 2.13. The molecule has 0 aliphatic heterocycles. The third-order valence-electron chi connectivity index (χ3n) is 3.11. The molecule has 0 unspecified atom stereocenters. The van der Waals surface area contributed by atoms with Crippen molar-refractivity contribution in [3.63, 3.8) is 0 Å². The van der Waals surface area contributed by atoms with Gasteiger partial charge in [-0.15, -0.1) is 0 Å². The summed E-state index contributed by atoms with van der Waals surface area (Å²) >= 11 is 0. The van der Waals surface area contributed by atoms with Gasteiger partial charge in [0.05, 0.1) is 0 Å². The van der Waals surface area contributed by atoms with E-state index < -0.39 is 0 Å². The zero-order valence-corrected chi connectivity index (χ0v) is 13.0. The summed E-state index contributed by atoms with van der Waals surface area (Å²) in [5.41, 5.74) is 1.03. The smallest absolute Gasteiger partial charge is 0.133 e. The number of aromatic nitrogens is 2. The number of nitrogens with one attached hydrogen (secondary N) is 1. The minimum Gasteiger partial charge on any atom is -0.369 e. The molecule has 1 rings (SSSR count). The van der Waals surface area contributed by atoms with Crippen LogP contribution in [0.3, 0.4) is 0 Å². The van der Waals surface area contributed by atoms with Crippen LogP contribution in [-0.4, -0.2) is 41.0 Å². The molecule has 0 radical (unpaired) electrons. The number of rotatable bonds is 8. The normalized spacial score (nSPS) is 11.3. The van der Waals surface area contributed by atoms with E-state index in [2.05, 4.69) is 47.9 Å². The zero-order valence-electron chi connectivity index (χ0n) is 13.0. The Hall–Kier alpha value is -1.16. The summed E-state index contributed by atoms with van der Waals surface area (Å²) in [5.74, 6) is 2.24. The van der Waals surface area contributed by atoms with Gasteiger partial charge in [-0.25, -0.2) is 9.97 Å². The van der Waals surface area contributed by atoms with E-state index >= 15 is 0 Å². The van der Waals surface area contributed by atoms with Crippen LogP contribution in [0.25, 0.3) is 0 Å². The second kappa shape index (κ2) is 8.10. The Balaban J connectivity index is 2.53. The highest BCUT2D eigenvalue weighted by molar-refractivity contribution is 5.36. The molecule has 108 valence electrons. The Morgan fingerprint density at radius 1 is 1.21 bits per heavy atom. The average Bonchev–Trinajstić information content (AvgIpc) is 2.37. The zero-order chi connectivity index (χ0) is 14.3. The minimum absolute atomic E-state index is 0.368. The molecule has 19 heavy (non-hydrogen) atoms. The number of aryl methyl sites for hydroxylation is 1. The van der Waals surface area contributed by atoms with Crippen molar-refractivity contribution in [1.82, 2.24) is 14.9 Å². The van der Waals surface area contributed by atoms with Crippen LogP contribution in [0.15, 0.2) is 6.07 Å². The van der Waals surface area contributed by atoms with E-state index in [1.807, 2.05) is 13.0 Å². The van der Waals surface area contributed by atoms with Crippen LogP contribution in [0.2, 0.25) is 0 Å². The summed E-state index contributed by atoms with van der Waals surface area (Å²) in [5, 5.41) is 3.41. The Kier molecular flexibility index (Phi) is 6.78. The van der Waals surface area contributed by atoms with E-state index in [-0.39, 0.29) is 0 Å². The molecular formula is C15H28N4. The third-order valence-corrected chi connectivity index (χ3v) is 3.11. The lowest BCUT2D eigenvalue weighted by molar-refractivity contribution is 0.300. The van der Waals surface area contributed by atoms with Crippen molar-refractivity contribution in [3.8, 4) is 0 Å². The molecule has 4 nitrogen and oxygen atoms in total. The Morgan fingerprint density at radius 3 is 2.53 bits per heavy atom. The van der Waals surface area contributed by atoms with Crippen molar-refractivity contribution in [3.05, 3.63) is 17.6 Å². The fourth-order valence-electron chi connectivity index (χ4n) is 2.03. The Bertz CT molecular complexity index is 376. The molecule has 0 amide bonds. The molecule has 0 fully saturated rings. The SMILES string of the molecule is CCCN(CC)CCNc1cc(C)nc(C(C)C)n1. The van der Waals surface area contributed by atoms with Crippen molar-refractivity contribution >= 4 is 5.82 Å². The molecule has 0 atom stereocenters. The van der Waals surface area contributed by atoms with Gasteiger partial charge in [-0.3, -0.25) is 0 Å². The van der Waals surface area contributed by atoms with E-state index in [4.69, 9.17) is 0 Å². The van der Waals surface area contributed by atoms with Gasteiger partial charge in [0.2, 0.25) is 0 Å². The second-order valence-electron chi connectivity index (χ2n) is 5.27. The molecule has 0 spiro atoms. The van der Waals surface area contributed by atoms with Gasteiger partial charge in [-0.1, -0.05) is 27.7 Å². The first-order chi connectivity index (χ1) is 9.06. The monoisotopic (exact) mass is 264 g/mol. The number of hydrogen-bond acceptors (Lipinski definition) is 4. The van der Waals surface area contributed by atoms with Gasteiger partial charge in [-0.2, -0.15) is 0 Å². The fraction of sp³-hybridized carbons (Fsp3) is 0.733. The highest BCUT2D eigenvalue weighted by Gasteiger charge is 2.06. The van der Waals surface area contributed by atoms with E-state index in [1.54, 1.807) is 0 Å². The molecule has 0 aromatic carbocycles. The van der Waals surface area contributed by atoms with Crippen LogP contribution in [0.5, 0.6) is 0 Å². The lowest BCUT2D eigenvalue weighted by Crippen LogP contribution is -2.29. The van der Waals surface area contributed by atoms with E-state index in [1.165, 1.54) is 6.42 Å². The largest absolute Gasteiger partial charge is 0.369 e. The Morgan fingerprint density at radius 2 is 1.95 bits per heavy atom. The maximum atomic E-state index is 4.56. The lowest BCUT2D eigenvalue weighted by atomic mass is 10.2. The van der Waals surface area contributed by atoms with Crippen LogP contribution < -0.4 is 5.32 Å². The van der Waals surface area contributed by atoms with Gasteiger partial charge in [0.25, 0.3) is 0 Å². The molecule has 0 aliphatic carbocycles. The van der Waals surface area contributed by atoms with Crippen molar-refractivity contribution in [1.29, 1.82) is 0 Å². The topological polar surface area (TPSA) is 41.0 Å². The van der Waals surface area contributed by atoms with Gasteiger partial charge in [-0.05, 0) is 26.4 Å². The molecule has 0 saturated heterocycles. The van der Waals surface area contributed by atoms with Gasteiger partial charge in [0, 0.05) is 30.8 Å². The maximum Gasteiger partial charge on any atom is 0.133 e. The summed E-state index contributed by atoms with van der Waals surface area (Å²) in [7, 11) is 0. The number of anilines is 1. The van der Waals surface area contributed by atoms with E-state index in [9.17, 15) is 0 Å². The first-order valence-corrected chi connectivity index (χ1v) is 7.38. The maximum absolute atomic E-state index is 4.56. The summed E-state index contributed by atoms with van der Waals surface area (Å²) in [6.45, 7) is 15.0. The van der Waals surface area contributed by atoms with Crippen molar-refractivity contribution in [2.45, 2.75) is 47.0 Å². The molecular weight excluding hydrogens is 236 g/mol. The predicted molar refractivity (Wildman–Crippen MR) is 81.8 cm³/mol. The van der Waals surface area contributed by atoms with Gasteiger partial charge >= 0.3 is 0 Å². The molecule has 1 aromatic heterocycles. The summed E-state index contributed by atoms with van der Waals surface area (Å²) in [6, 6.07) is 2.02. The molecule has 1 aromatic rings. The molecule has 0 bridgehead atoms. The van der Waals surface area contributed by atoms with Gasteiger partial charge < -0.3 is 10.2 Å². The van der Waals surface area contributed by atoms with Crippen LogP contribution in [0.1, 0.15) is 51.6 Å². The molecule has 1 heterocycles.